The standard InChI is InChI=1S/C23H26N4O4/c1-12-8-9-17(30-7)14(3)19(12)27-20(26-22(29)31-23(4,5)6)15(11-24)18-16(28)10-13(2)25-21(18)27/h8-10H,1-7H3,(H,25,28)(H,26,29). The second kappa shape index (κ2) is 7.84. The summed E-state index contributed by atoms with van der Waals surface area (Å²) in [4.78, 5) is 28.6. The van der Waals surface area contributed by atoms with Gasteiger partial charge in [-0.25, -0.2) is 4.79 Å². The maximum atomic E-state index is 12.8. The lowest BCUT2D eigenvalue weighted by molar-refractivity contribution is 0.0635. The number of amides is 1. The van der Waals surface area contributed by atoms with Gasteiger partial charge >= 0.3 is 6.09 Å². The molecule has 1 aromatic carbocycles. The van der Waals surface area contributed by atoms with E-state index in [1.54, 1.807) is 39.4 Å². The number of methoxy groups -OCH3 is 1. The van der Waals surface area contributed by atoms with Crippen LogP contribution in [-0.2, 0) is 4.74 Å². The van der Waals surface area contributed by atoms with E-state index in [4.69, 9.17) is 9.47 Å². The van der Waals surface area contributed by atoms with Crippen LogP contribution in [0.5, 0.6) is 5.75 Å². The number of aromatic amines is 1. The highest BCUT2D eigenvalue weighted by Crippen LogP contribution is 2.36. The van der Waals surface area contributed by atoms with Gasteiger partial charge < -0.3 is 14.5 Å². The molecule has 0 saturated heterocycles. The molecule has 0 fully saturated rings. The number of H-pyrrole nitrogens is 1. The molecular weight excluding hydrogens is 396 g/mol. The number of aromatic nitrogens is 2. The molecule has 0 saturated carbocycles. The number of carbonyl (C=O) groups excluding carboxylic acids is 1. The number of ether oxygens (including phenoxy) is 2. The number of fused-ring (bicyclic) bond motifs is 1. The average Bonchev–Trinajstić information content (AvgIpc) is 2.93. The maximum absolute atomic E-state index is 12.8. The third kappa shape index (κ3) is 3.99. The minimum Gasteiger partial charge on any atom is -0.496 e. The predicted molar refractivity (Wildman–Crippen MR) is 119 cm³/mol. The molecule has 0 aliphatic heterocycles. The zero-order valence-corrected chi connectivity index (χ0v) is 18.8. The first-order valence-electron chi connectivity index (χ1n) is 9.81. The fraction of sp³-hybridized carbons (Fsp3) is 0.348. The molecule has 2 aromatic heterocycles. The van der Waals surface area contributed by atoms with Gasteiger partial charge in [0.25, 0.3) is 0 Å². The van der Waals surface area contributed by atoms with Crippen molar-refractivity contribution in [2.75, 3.05) is 12.4 Å². The summed E-state index contributed by atoms with van der Waals surface area (Å²) >= 11 is 0. The van der Waals surface area contributed by atoms with Crippen LogP contribution in [0.2, 0.25) is 0 Å². The Morgan fingerprint density at radius 1 is 1.23 bits per heavy atom. The zero-order chi connectivity index (χ0) is 23.1. The number of hydrogen-bond donors (Lipinski definition) is 2. The van der Waals surface area contributed by atoms with Crippen LogP contribution in [0.3, 0.4) is 0 Å². The summed E-state index contributed by atoms with van der Waals surface area (Å²) in [7, 11) is 1.57. The Morgan fingerprint density at radius 2 is 1.90 bits per heavy atom. The van der Waals surface area contributed by atoms with E-state index in [0.717, 1.165) is 11.1 Å². The Balaban J connectivity index is 2.44. The van der Waals surface area contributed by atoms with Crippen LogP contribution < -0.4 is 15.5 Å². The molecule has 0 aliphatic carbocycles. The van der Waals surface area contributed by atoms with Crippen LogP contribution in [0.15, 0.2) is 23.0 Å². The van der Waals surface area contributed by atoms with E-state index < -0.39 is 11.7 Å². The molecule has 162 valence electrons. The van der Waals surface area contributed by atoms with Crippen molar-refractivity contribution in [2.45, 2.75) is 47.1 Å². The van der Waals surface area contributed by atoms with Crippen molar-refractivity contribution in [1.29, 1.82) is 5.26 Å². The van der Waals surface area contributed by atoms with Crippen molar-refractivity contribution in [1.82, 2.24) is 9.55 Å². The predicted octanol–water partition coefficient (Wildman–Crippen LogP) is 4.47. The topological polar surface area (TPSA) is 109 Å². The molecule has 8 heteroatoms. The molecule has 1 amide bonds. The normalized spacial score (nSPS) is 11.3. The van der Waals surface area contributed by atoms with E-state index in [1.165, 1.54) is 6.07 Å². The second-order valence-corrected chi connectivity index (χ2v) is 8.40. The van der Waals surface area contributed by atoms with E-state index in [1.807, 2.05) is 26.0 Å². The van der Waals surface area contributed by atoms with Crippen molar-refractivity contribution in [3.05, 3.63) is 50.8 Å². The van der Waals surface area contributed by atoms with Gasteiger partial charge in [0, 0.05) is 17.3 Å². The van der Waals surface area contributed by atoms with E-state index >= 15 is 0 Å². The van der Waals surface area contributed by atoms with Crippen molar-refractivity contribution in [2.24, 2.45) is 0 Å². The number of rotatable bonds is 3. The quantitative estimate of drug-likeness (QED) is 0.647. The third-order valence-corrected chi connectivity index (χ3v) is 4.84. The molecule has 8 nitrogen and oxygen atoms in total. The number of nitrogens with zero attached hydrogens (tertiary/aromatic N) is 2. The number of nitriles is 1. The minimum absolute atomic E-state index is 0.0590. The molecule has 0 unspecified atom stereocenters. The number of carbonyl (C=O) groups is 1. The molecule has 0 spiro atoms. The highest BCUT2D eigenvalue weighted by atomic mass is 16.6. The van der Waals surface area contributed by atoms with Crippen LogP contribution in [0.25, 0.3) is 16.7 Å². The lowest BCUT2D eigenvalue weighted by Crippen LogP contribution is -2.28. The SMILES string of the molecule is COc1ccc(C)c(-n2c(NC(=O)OC(C)(C)C)c(C#N)c3c(=O)cc(C)[nH]c32)c1C. The lowest BCUT2D eigenvalue weighted by Gasteiger charge is -2.21. The van der Waals surface area contributed by atoms with Gasteiger partial charge in [-0.1, -0.05) is 6.07 Å². The second-order valence-electron chi connectivity index (χ2n) is 8.40. The van der Waals surface area contributed by atoms with Crippen LogP contribution in [0.1, 0.15) is 43.2 Å². The first-order valence-corrected chi connectivity index (χ1v) is 9.81. The minimum atomic E-state index is -0.734. The number of hydrogen-bond acceptors (Lipinski definition) is 5. The van der Waals surface area contributed by atoms with Crippen LogP contribution in [0.4, 0.5) is 10.6 Å². The molecule has 0 radical (unpaired) electrons. The van der Waals surface area contributed by atoms with Gasteiger partial charge in [0.2, 0.25) is 0 Å². The maximum Gasteiger partial charge on any atom is 0.413 e. The largest absolute Gasteiger partial charge is 0.496 e. The molecule has 0 bridgehead atoms. The summed E-state index contributed by atoms with van der Waals surface area (Å²) < 4.78 is 12.6. The molecule has 31 heavy (non-hydrogen) atoms. The van der Waals surface area contributed by atoms with E-state index in [9.17, 15) is 14.9 Å². The summed E-state index contributed by atoms with van der Waals surface area (Å²) in [6.07, 6.45) is -0.726. The molecule has 0 atom stereocenters. The van der Waals surface area contributed by atoms with Gasteiger partial charge in [0.05, 0.1) is 18.2 Å². The van der Waals surface area contributed by atoms with E-state index in [-0.39, 0.29) is 22.2 Å². The summed E-state index contributed by atoms with van der Waals surface area (Å²) in [6, 6.07) is 7.24. The number of aryl methyl sites for hydroxylation is 2. The number of pyridine rings is 1. The summed E-state index contributed by atoms with van der Waals surface area (Å²) in [5.41, 5.74) is 2.40. The molecular formula is C23H26N4O4. The molecule has 2 N–H and O–H groups in total. The Morgan fingerprint density at radius 3 is 2.48 bits per heavy atom. The van der Waals surface area contributed by atoms with Gasteiger partial charge in [0.15, 0.2) is 5.43 Å². The Hall–Kier alpha value is -3.73. The highest BCUT2D eigenvalue weighted by molar-refractivity contribution is 5.97. The first kappa shape index (κ1) is 22.0. The van der Waals surface area contributed by atoms with Crippen molar-refractivity contribution >= 4 is 22.9 Å². The van der Waals surface area contributed by atoms with Crippen molar-refractivity contribution < 1.29 is 14.3 Å². The Labute approximate surface area is 180 Å². The van der Waals surface area contributed by atoms with Crippen LogP contribution in [0, 0.1) is 32.1 Å². The first-order chi connectivity index (χ1) is 14.5. The summed E-state index contributed by atoms with van der Waals surface area (Å²) in [5.74, 6) is 0.796. The Bertz CT molecular complexity index is 1290. The van der Waals surface area contributed by atoms with E-state index in [2.05, 4.69) is 16.4 Å². The molecule has 0 aliphatic rings. The van der Waals surface area contributed by atoms with Crippen LogP contribution in [-0.4, -0.2) is 28.4 Å². The Kier molecular flexibility index (Phi) is 5.55. The van der Waals surface area contributed by atoms with Gasteiger partial charge in [-0.2, -0.15) is 5.26 Å². The number of benzene rings is 1. The lowest BCUT2D eigenvalue weighted by atomic mass is 10.1. The van der Waals surface area contributed by atoms with E-state index in [0.29, 0.717) is 22.8 Å². The monoisotopic (exact) mass is 422 g/mol. The summed E-state index contributed by atoms with van der Waals surface area (Å²) in [5, 5.41) is 12.8. The van der Waals surface area contributed by atoms with Crippen molar-refractivity contribution in [3.63, 3.8) is 0 Å². The van der Waals surface area contributed by atoms with Crippen LogP contribution >= 0.6 is 0 Å². The van der Waals surface area contributed by atoms with Crippen molar-refractivity contribution in [3.8, 4) is 17.5 Å². The van der Waals surface area contributed by atoms with Gasteiger partial charge in [0.1, 0.15) is 34.4 Å². The zero-order valence-electron chi connectivity index (χ0n) is 18.8. The third-order valence-electron chi connectivity index (χ3n) is 4.84. The van der Waals surface area contributed by atoms with Gasteiger partial charge in [-0.15, -0.1) is 0 Å². The smallest absolute Gasteiger partial charge is 0.413 e. The average molecular weight is 422 g/mol. The summed E-state index contributed by atoms with van der Waals surface area (Å²) in [6.45, 7) is 10.8. The fourth-order valence-electron chi connectivity index (χ4n) is 3.66. The van der Waals surface area contributed by atoms with Gasteiger partial charge in [-0.05, 0) is 53.2 Å². The number of nitrogens with one attached hydrogen (secondary N) is 2. The molecule has 2 heterocycles. The molecule has 3 rings (SSSR count). The molecule has 3 aromatic rings. The van der Waals surface area contributed by atoms with Gasteiger partial charge in [-0.3, -0.25) is 14.7 Å². The highest BCUT2D eigenvalue weighted by Gasteiger charge is 2.27. The number of anilines is 1. The fourth-order valence-corrected chi connectivity index (χ4v) is 3.66.